The molecule has 19 heavy (non-hydrogen) atoms. The van der Waals surface area contributed by atoms with Crippen molar-refractivity contribution in [3.8, 4) is 0 Å². The summed E-state index contributed by atoms with van der Waals surface area (Å²) in [5, 5.41) is 0. The van der Waals surface area contributed by atoms with E-state index >= 15 is 0 Å². The maximum absolute atomic E-state index is 13.1. The van der Waals surface area contributed by atoms with Gasteiger partial charge < -0.3 is 5.73 Å². The number of benzene rings is 1. The topological polar surface area (TPSA) is 64.7 Å². The van der Waals surface area contributed by atoms with Crippen LogP contribution in [0.5, 0.6) is 0 Å². The first-order chi connectivity index (χ1) is 9.24. The van der Waals surface area contributed by atoms with Gasteiger partial charge in [0.25, 0.3) is 0 Å². The number of aromatic nitrogens is 3. The maximum Gasteiger partial charge on any atom is 0.141 e. The number of halogens is 1. The Hall–Kier alpha value is -2.40. The fraction of sp³-hybridized carbons (Fsp3) is 0.0714. The highest BCUT2D eigenvalue weighted by atomic mass is 19.1. The van der Waals surface area contributed by atoms with Gasteiger partial charge in [0.05, 0.1) is 35.2 Å². The van der Waals surface area contributed by atoms with Crippen molar-refractivity contribution in [1.82, 2.24) is 15.0 Å². The number of nitrogens with two attached hydrogens (primary N) is 1. The molecule has 0 saturated heterocycles. The molecule has 0 aliphatic carbocycles. The van der Waals surface area contributed by atoms with Crippen LogP contribution in [0.3, 0.4) is 0 Å². The lowest BCUT2D eigenvalue weighted by atomic mass is 10.1. The van der Waals surface area contributed by atoms with Gasteiger partial charge in [-0.2, -0.15) is 0 Å². The van der Waals surface area contributed by atoms with E-state index in [1.807, 2.05) is 24.3 Å². The SMILES string of the molecule is NC(c1cncc(F)c1)c1cnc2ccccc2n1. The van der Waals surface area contributed by atoms with Crippen molar-refractivity contribution in [1.29, 1.82) is 0 Å². The summed E-state index contributed by atoms with van der Waals surface area (Å²) in [5.41, 5.74) is 8.80. The zero-order valence-corrected chi connectivity index (χ0v) is 9.99. The highest BCUT2D eigenvalue weighted by molar-refractivity contribution is 5.73. The van der Waals surface area contributed by atoms with E-state index < -0.39 is 11.9 Å². The summed E-state index contributed by atoms with van der Waals surface area (Å²) in [5.74, 6) is -0.415. The predicted octanol–water partition coefficient (Wildman–Crippen LogP) is 2.21. The molecule has 5 heteroatoms. The highest BCUT2D eigenvalue weighted by Gasteiger charge is 2.12. The highest BCUT2D eigenvalue weighted by Crippen LogP contribution is 2.19. The second-order valence-electron chi connectivity index (χ2n) is 4.20. The Balaban J connectivity index is 2.04. The van der Waals surface area contributed by atoms with E-state index in [1.54, 1.807) is 6.20 Å². The Labute approximate surface area is 109 Å². The maximum atomic E-state index is 13.1. The summed E-state index contributed by atoms with van der Waals surface area (Å²) in [6, 6.07) is 8.34. The predicted molar refractivity (Wildman–Crippen MR) is 69.8 cm³/mol. The lowest BCUT2D eigenvalue weighted by Crippen LogP contribution is -2.14. The number of para-hydroxylation sites is 2. The molecule has 0 radical (unpaired) electrons. The molecule has 1 aromatic carbocycles. The molecule has 0 amide bonds. The number of hydrogen-bond donors (Lipinski definition) is 1. The molecule has 2 N–H and O–H groups in total. The normalized spacial score (nSPS) is 12.5. The molecule has 0 aliphatic heterocycles. The Kier molecular flexibility index (Phi) is 2.89. The third kappa shape index (κ3) is 2.28. The molecule has 0 bridgehead atoms. The van der Waals surface area contributed by atoms with Crippen molar-refractivity contribution in [2.45, 2.75) is 6.04 Å². The zero-order chi connectivity index (χ0) is 13.2. The summed E-state index contributed by atoms with van der Waals surface area (Å²) >= 11 is 0. The molecule has 1 unspecified atom stereocenters. The van der Waals surface area contributed by atoms with Crippen LogP contribution in [0.25, 0.3) is 11.0 Å². The van der Waals surface area contributed by atoms with E-state index in [4.69, 9.17) is 5.73 Å². The number of rotatable bonds is 2. The first kappa shape index (κ1) is 11.7. The van der Waals surface area contributed by atoms with Crippen LogP contribution in [-0.4, -0.2) is 15.0 Å². The molecular weight excluding hydrogens is 243 g/mol. The number of pyridine rings is 1. The van der Waals surface area contributed by atoms with Gasteiger partial charge in [-0.3, -0.25) is 9.97 Å². The largest absolute Gasteiger partial charge is 0.319 e. The average molecular weight is 254 g/mol. The monoisotopic (exact) mass is 254 g/mol. The standard InChI is InChI=1S/C14H11FN4/c15-10-5-9(6-17-7-10)14(16)13-8-18-11-3-1-2-4-12(11)19-13/h1-8,14H,16H2. The quantitative estimate of drug-likeness (QED) is 0.761. The van der Waals surface area contributed by atoms with Gasteiger partial charge in [-0.15, -0.1) is 0 Å². The van der Waals surface area contributed by atoms with Crippen molar-refractivity contribution in [3.05, 3.63) is 66.0 Å². The second kappa shape index (κ2) is 4.70. The van der Waals surface area contributed by atoms with Gasteiger partial charge in [-0.25, -0.2) is 9.37 Å². The average Bonchev–Trinajstić information content (AvgIpc) is 2.46. The van der Waals surface area contributed by atoms with Crippen molar-refractivity contribution < 1.29 is 4.39 Å². The smallest absolute Gasteiger partial charge is 0.141 e. The molecule has 0 saturated carbocycles. The summed E-state index contributed by atoms with van der Waals surface area (Å²) in [4.78, 5) is 12.5. The second-order valence-corrected chi connectivity index (χ2v) is 4.20. The molecule has 2 heterocycles. The number of hydrogen-bond acceptors (Lipinski definition) is 4. The van der Waals surface area contributed by atoms with Crippen LogP contribution < -0.4 is 5.73 Å². The molecule has 94 valence electrons. The Morgan fingerprint density at radius 1 is 1.05 bits per heavy atom. The Bertz CT molecular complexity index is 729. The molecule has 0 fully saturated rings. The first-order valence-electron chi connectivity index (χ1n) is 5.82. The van der Waals surface area contributed by atoms with Crippen LogP contribution in [0.1, 0.15) is 17.3 Å². The minimum Gasteiger partial charge on any atom is -0.319 e. The van der Waals surface area contributed by atoms with E-state index in [2.05, 4.69) is 15.0 Å². The van der Waals surface area contributed by atoms with E-state index in [0.717, 1.165) is 17.2 Å². The number of nitrogens with zero attached hydrogens (tertiary/aromatic N) is 3. The van der Waals surface area contributed by atoms with E-state index in [1.165, 1.54) is 12.3 Å². The lowest BCUT2D eigenvalue weighted by molar-refractivity contribution is 0.615. The molecule has 4 nitrogen and oxygen atoms in total. The van der Waals surface area contributed by atoms with Crippen LogP contribution in [0.15, 0.2) is 48.9 Å². The molecule has 3 aromatic rings. The van der Waals surface area contributed by atoms with Gasteiger partial charge in [-0.1, -0.05) is 12.1 Å². The van der Waals surface area contributed by atoms with Crippen molar-refractivity contribution in [3.63, 3.8) is 0 Å². The fourth-order valence-electron chi connectivity index (χ4n) is 1.89. The summed E-state index contributed by atoms with van der Waals surface area (Å²) in [6.45, 7) is 0. The fourth-order valence-corrected chi connectivity index (χ4v) is 1.89. The van der Waals surface area contributed by atoms with Gasteiger partial charge in [0.2, 0.25) is 0 Å². The molecule has 2 aromatic heterocycles. The van der Waals surface area contributed by atoms with Gasteiger partial charge in [-0.05, 0) is 23.8 Å². The van der Waals surface area contributed by atoms with Crippen molar-refractivity contribution in [2.75, 3.05) is 0 Å². The van der Waals surface area contributed by atoms with Crippen molar-refractivity contribution in [2.24, 2.45) is 5.73 Å². The third-order valence-corrected chi connectivity index (χ3v) is 2.87. The molecule has 0 spiro atoms. The van der Waals surface area contributed by atoms with Crippen LogP contribution >= 0.6 is 0 Å². The van der Waals surface area contributed by atoms with Gasteiger partial charge in [0.1, 0.15) is 5.82 Å². The zero-order valence-electron chi connectivity index (χ0n) is 9.99. The van der Waals surface area contributed by atoms with Gasteiger partial charge >= 0.3 is 0 Å². The van der Waals surface area contributed by atoms with E-state index in [0.29, 0.717) is 11.3 Å². The molecule has 1 atom stereocenters. The molecule has 0 aliphatic rings. The Morgan fingerprint density at radius 2 is 1.84 bits per heavy atom. The van der Waals surface area contributed by atoms with E-state index in [-0.39, 0.29) is 0 Å². The minimum atomic E-state index is -0.541. The summed E-state index contributed by atoms with van der Waals surface area (Å²) < 4.78 is 13.1. The van der Waals surface area contributed by atoms with E-state index in [9.17, 15) is 4.39 Å². The number of fused-ring (bicyclic) bond motifs is 1. The van der Waals surface area contributed by atoms with Crippen LogP contribution in [-0.2, 0) is 0 Å². The Morgan fingerprint density at radius 3 is 2.63 bits per heavy atom. The van der Waals surface area contributed by atoms with Crippen molar-refractivity contribution >= 4 is 11.0 Å². The van der Waals surface area contributed by atoms with Crippen LogP contribution in [0.2, 0.25) is 0 Å². The molecule has 3 rings (SSSR count). The van der Waals surface area contributed by atoms with Gasteiger partial charge in [0, 0.05) is 6.20 Å². The third-order valence-electron chi connectivity index (χ3n) is 2.87. The van der Waals surface area contributed by atoms with Gasteiger partial charge in [0.15, 0.2) is 0 Å². The van der Waals surface area contributed by atoms with Crippen LogP contribution in [0, 0.1) is 5.82 Å². The minimum absolute atomic E-state index is 0.415. The molecular formula is C14H11FN4. The first-order valence-corrected chi connectivity index (χ1v) is 5.82. The lowest BCUT2D eigenvalue weighted by Gasteiger charge is -2.11. The summed E-state index contributed by atoms with van der Waals surface area (Å²) in [7, 11) is 0. The summed E-state index contributed by atoms with van der Waals surface area (Å²) in [6.07, 6.45) is 4.28. The van der Waals surface area contributed by atoms with Crippen LogP contribution in [0.4, 0.5) is 4.39 Å².